The molecular formula is C13H13N3O5S. The van der Waals surface area contributed by atoms with E-state index in [0.717, 1.165) is 0 Å². The molecule has 1 aromatic carbocycles. The number of ether oxygens (including phenoxy) is 1. The van der Waals surface area contributed by atoms with Crippen molar-refractivity contribution in [1.29, 1.82) is 0 Å². The Hall–Kier alpha value is -2.68. The first kappa shape index (κ1) is 15.7. The largest absolute Gasteiger partial charge is 0.480 e. The average Bonchev–Trinajstić information content (AvgIpc) is 2.47. The van der Waals surface area contributed by atoms with Crippen LogP contribution in [0.5, 0.6) is 5.88 Å². The Morgan fingerprint density at radius 3 is 2.64 bits per heavy atom. The molecule has 8 nitrogen and oxygen atoms in total. The molecule has 1 aromatic heterocycles. The summed E-state index contributed by atoms with van der Waals surface area (Å²) < 4.78 is 32.2. The number of anilines is 1. The number of benzene rings is 1. The van der Waals surface area contributed by atoms with Crippen LogP contribution < -0.4 is 9.46 Å². The van der Waals surface area contributed by atoms with Gasteiger partial charge in [0.15, 0.2) is 0 Å². The normalized spacial score (nSPS) is 11.0. The summed E-state index contributed by atoms with van der Waals surface area (Å²) in [6.07, 6.45) is 1.45. The number of nitrogens with zero attached hydrogens (tertiary/aromatic N) is 2. The lowest BCUT2D eigenvalue weighted by Gasteiger charge is -2.12. The summed E-state index contributed by atoms with van der Waals surface area (Å²) >= 11 is 0. The molecule has 0 bridgehead atoms. The van der Waals surface area contributed by atoms with E-state index in [0.29, 0.717) is 0 Å². The van der Waals surface area contributed by atoms with E-state index in [1.807, 2.05) is 0 Å². The van der Waals surface area contributed by atoms with Gasteiger partial charge in [0.05, 0.1) is 16.9 Å². The van der Waals surface area contributed by atoms with Gasteiger partial charge in [-0.1, -0.05) is 6.07 Å². The van der Waals surface area contributed by atoms with Gasteiger partial charge >= 0.3 is 0 Å². The molecule has 0 radical (unpaired) electrons. The van der Waals surface area contributed by atoms with Gasteiger partial charge in [-0.05, 0) is 25.1 Å². The Kier molecular flexibility index (Phi) is 4.27. The molecular weight excluding hydrogens is 310 g/mol. The number of aromatic nitrogens is 1. The number of nitro benzene ring substituents is 1. The van der Waals surface area contributed by atoms with Gasteiger partial charge in [0, 0.05) is 17.8 Å². The number of sulfonamides is 1. The van der Waals surface area contributed by atoms with E-state index < -0.39 is 14.9 Å². The van der Waals surface area contributed by atoms with Crippen molar-refractivity contribution in [2.45, 2.75) is 11.8 Å². The second kappa shape index (κ2) is 5.98. The summed E-state index contributed by atoms with van der Waals surface area (Å²) in [5, 5.41) is 10.9. The highest BCUT2D eigenvalue weighted by Gasteiger charge is 2.24. The van der Waals surface area contributed by atoms with Crippen LogP contribution >= 0.6 is 0 Å². The molecule has 22 heavy (non-hydrogen) atoms. The predicted octanol–water partition coefficient (Wildman–Crippen LogP) is 2.11. The van der Waals surface area contributed by atoms with Crippen molar-refractivity contribution in [3.8, 4) is 5.88 Å². The molecule has 0 atom stereocenters. The quantitative estimate of drug-likeness (QED) is 0.666. The van der Waals surface area contributed by atoms with Crippen molar-refractivity contribution in [3.63, 3.8) is 0 Å². The molecule has 0 aliphatic rings. The van der Waals surface area contributed by atoms with Gasteiger partial charge in [-0.25, -0.2) is 13.4 Å². The molecule has 2 aromatic rings. The molecule has 2 rings (SSSR count). The Labute approximate surface area is 127 Å². The third-order valence-corrected chi connectivity index (χ3v) is 4.46. The number of nitro groups is 1. The lowest BCUT2D eigenvalue weighted by Crippen LogP contribution is -2.15. The van der Waals surface area contributed by atoms with Crippen LogP contribution in [0.2, 0.25) is 0 Å². The van der Waals surface area contributed by atoms with Crippen LogP contribution in [0.1, 0.15) is 5.56 Å². The lowest BCUT2D eigenvalue weighted by atomic mass is 10.2. The summed E-state index contributed by atoms with van der Waals surface area (Å²) in [4.78, 5) is 14.0. The van der Waals surface area contributed by atoms with Crippen molar-refractivity contribution >= 4 is 21.4 Å². The zero-order chi connectivity index (χ0) is 16.3. The van der Waals surface area contributed by atoms with E-state index >= 15 is 0 Å². The van der Waals surface area contributed by atoms with Crippen LogP contribution in [-0.2, 0) is 10.0 Å². The minimum atomic E-state index is -4.01. The maximum Gasteiger partial charge on any atom is 0.273 e. The Morgan fingerprint density at radius 2 is 2.00 bits per heavy atom. The standard InChI is InChI=1S/C13H13N3O5S/c1-9-11(16(17)18)6-3-7-12(9)22(19,20)15-10-5-4-8-14-13(10)21-2/h3-8,15H,1-2H3. The van der Waals surface area contributed by atoms with Crippen molar-refractivity contribution in [2.24, 2.45) is 0 Å². The fourth-order valence-corrected chi connectivity index (χ4v) is 3.24. The second-order valence-corrected chi connectivity index (χ2v) is 5.97. The van der Waals surface area contributed by atoms with Gasteiger partial charge in [-0.2, -0.15) is 0 Å². The molecule has 0 aliphatic carbocycles. The summed E-state index contributed by atoms with van der Waals surface area (Å²) in [6, 6.07) is 6.89. The lowest BCUT2D eigenvalue weighted by molar-refractivity contribution is -0.385. The molecule has 0 aliphatic heterocycles. The minimum absolute atomic E-state index is 0.0582. The molecule has 0 fully saturated rings. The van der Waals surface area contributed by atoms with Crippen molar-refractivity contribution in [3.05, 3.63) is 52.2 Å². The Balaban J connectivity index is 2.48. The van der Waals surface area contributed by atoms with Crippen molar-refractivity contribution in [2.75, 3.05) is 11.8 Å². The van der Waals surface area contributed by atoms with Crippen molar-refractivity contribution in [1.82, 2.24) is 4.98 Å². The third-order valence-electron chi connectivity index (χ3n) is 2.95. The molecule has 0 saturated heterocycles. The first-order valence-corrected chi connectivity index (χ1v) is 7.61. The smallest absolute Gasteiger partial charge is 0.273 e. The Morgan fingerprint density at radius 1 is 1.27 bits per heavy atom. The highest BCUT2D eigenvalue weighted by Crippen LogP contribution is 2.28. The summed E-state index contributed by atoms with van der Waals surface area (Å²) in [7, 11) is -2.65. The summed E-state index contributed by atoms with van der Waals surface area (Å²) in [5.41, 5.74) is -0.0558. The van der Waals surface area contributed by atoms with Gasteiger partial charge in [0.25, 0.3) is 15.7 Å². The second-order valence-electron chi connectivity index (χ2n) is 4.32. The monoisotopic (exact) mass is 323 g/mol. The maximum absolute atomic E-state index is 12.4. The van der Waals surface area contributed by atoms with Gasteiger partial charge in [0.2, 0.25) is 5.88 Å². The number of nitrogens with one attached hydrogen (secondary N) is 1. The molecule has 0 spiro atoms. The van der Waals surface area contributed by atoms with Crippen LogP contribution in [0, 0.1) is 17.0 Å². The van der Waals surface area contributed by atoms with E-state index in [1.54, 1.807) is 6.07 Å². The van der Waals surface area contributed by atoms with Crippen LogP contribution in [-0.4, -0.2) is 25.4 Å². The topological polar surface area (TPSA) is 111 Å². The van der Waals surface area contributed by atoms with Crippen LogP contribution in [0.4, 0.5) is 11.4 Å². The highest BCUT2D eigenvalue weighted by atomic mass is 32.2. The summed E-state index contributed by atoms with van der Waals surface area (Å²) in [6.45, 7) is 1.38. The number of methoxy groups -OCH3 is 1. The molecule has 1 N–H and O–H groups in total. The van der Waals surface area contributed by atoms with Crippen LogP contribution in [0.15, 0.2) is 41.4 Å². The van der Waals surface area contributed by atoms with E-state index in [9.17, 15) is 18.5 Å². The number of rotatable bonds is 5. The molecule has 9 heteroatoms. The number of pyridine rings is 1. The summed E-state index contributed by atoms with van der Waals surface area (Å²) in [5.74, 6) is 0.106. The SMILES string of the molecule is COc1ncccc1NS(=O)(=O)c1cccc([N+](=O)[O-])c1C. The highest BCUT2D eigenvalue weighted by molar-refractivity contribution is 7.92. The van der Waals surface area contributed by atoms with Gasteiger partial charge in [-0.15, -0.1) is 0 Å². The third kappa shape index (κ3) is 2.98. The molecule has 116 valence electrons. The number of hydrogen-bond donors (Lipinski definition) is 1. The van der Waals surface area contributed by atoms with Gasteiger partial charge < -0.3 is 4.74 Å². The minimum Gasteiger partial charge on any atom is -0.480 e. The van der Waals surface area contributed by atoms with E-state index in [-0.39, 0.29) is 27.7 Å². The molecule has 0 unspecified atom stereocenters. The van der Waals surface area contributed by atoms with Crippen molar-refractivity contribution < 1.29 is 18.1 Å². The molecule has 0 saturated carbocycles. The fourth-order valence-electron chi connectivity index (χ4n) is 1.92. The van der Waals surface area contributed by atoms with Gasteiger partial charge in [0.1, 0.15) is 5.69 Å². The first-order chi connectivity index (χ1) is 10.4. The van der Waals surface area contributed by atoms with E-state index in [1.165, 1.54) is 44.5 Å². The predicted molar refractivity (Wildman–Crippen MR) is 79.4 cm³/mol. The first-order valence-electron chi connectivity index (χ1n) is 6.12. The zero-order valence-corrected chi connectivity index (χ0v) is 12.6. The Bertz CT molecular complexity index is 820. The fraction of sp³-hybridized carbons (Fsp3) is 0.154. The van der Waals surface area contributed by atoms with E-state index in [4.69, 9.17) is 4.74 Å². The van der Waals surface area contributed by atoms with E-state index in [2.05, 4.69) is 9.71 Å². The van der Waals surface area contributed by atoms with Crippen LogP contribution in [0.25, 0.3) is 0 Å². The zero-order valence-electron chi connectivity index (χ0n) is 11.8. The maximum atomic E-state index is 12.4. The van der Waals surface area contributed by atoms with Crippen LogP contribution in [0.3, 0.4) is 0 Å². The molecule has 0 amide bonds. The number of hydrogen-bond acceptors (Lipinski definition) is 6. The van der Waals surface area contributed by atoms with Gasteiger partial charge in [-0.3, -0.25) is 14.8 Å². The average molecular weight is 323 g/mol. The molecule has 1 heterocycles.